The second kappa shape index (κ2) is 15.8. The summed E-state index contributed by atoms with van der Waals surface area (Å²) >= 11 is 0. The molecule has 0 spiro atoms. The smallest absolute Gasteiger partial charge is 0.356 e. The third-order valence-corrected chi connectivity index (χ3v) is 8.33. The first-order chi connectivity index (χ1) is 20.1. The molecule has 0 saturated carbocycles. The Morgan fingerprint density at radius 2 is 1.07 bits per heavy atom. The van der Waals surface area contributed by atoms with E-state index in [9.17, 15) is 4.57 Å². The van der Waals surface area contributed by atoms with Crippen molar-refractivity contribution in [3.8, 4) is 0 Å². The van der Waals surface area contributed by atoms with Gasteiger partial charge in [0.1, 0.15) is 18.1 Å². The van der Waals surface area contributed by atoms with Crippen molar-refractivity contribution in [2.45, 2.75) is 32.2 Å². The fourth-order valence-electron chi connectivity index (χ4n) is 4.72. The van der Waals surface area contributed by atoms with E-state index in [1.54, 1.807) is 13.8 Å². The summed E-state index contributed by atoms with van der Waals surface area (Å²) in [6.45, 7) is 4.87. The first-order valence-electron chi connectivity index (χ1n) is 14.0. The minimum Gasteiger partial charge on any atom is -0.374 e. The van der Waals surface area contributed by atoms with Crippen molar-refractivity contribution >= 4 is 7.60 Å². The average molecular weight is 575 g/mol. The lowest BCUT2D eigenvalue weighted by Gasteiger charge is -2.37. The molecule has 0 aromatic heterocycles. The van der Waals surface area contributed by atoms with E-state index in [2.05, 4.69) is 36.4 Å². The van der Waals surface area contributed by atoms with Crippen molar-refractivity contribution in [2.24, 2.45) is 0 Å². The van der Waals surface area contributed by atoms with Crippen LogP contribution in [-0.2, 0) is 40.0 Å². The van der Waals surface area contributed by atoms with Crippen LogP contribution in [0.25, 0.3) is 0 Å². The summed E-state index contributed by atoms with van der Waals surface area (Å²) in [5.74, 6) is 0. The second-order valence-corrected chi connectivity index (χ2v) is 11.5. The Morgan fingerprint density at radius 3 is 1.51 bits per heavy atom. The summed E-state index contributed by atoms with van der Waals surface area (Å²) in [6.07, 6.45) is -0.754. The predicted octanol–water partition coefficient (Wildman–Crippen LogP) is 7.82. The molecular formula is C34H39O6P. The van der Waals surface area contributed by atoms with Gasteiger partial charge in [-0.1, -0.05) is 121 Å². The molecule has 0 aliphatic heterocycles. The highest BCUT2D eigenvalue weighted by atomic mass is 31.2. The van der Waals surface area contributed by atoms with Gasteiger partial charge in [-0.05, 0) is 36.1 Å². The quantitative estimate of drug-likeness (QED) is 0.0947. The molecule has 0 saturated heterocycles. The third-order valence-electron chi connectivity index (χ3n) is 6.56. The fourth-order valence-corrected chi connectivity index (χ4v) is 6.12. The molecule has 4 aromatic rings. The Labute approximate surface area is 243 Å². The van der Waals surface area contributed by atoms with Crippen molar-refractivity contribution in [3.63, 3.8) is 0 Å². The van der Waals surface area contributed by atoms with Gasteiger partial charge in [-0.2, -0.15) is 0 Å². The Morgan fingerprint density at radius 1 is 0.634 bits per heavy atom. The molecule has 7 heteroatoms. The van der Waals surface area contributed by atoms with Gasteiger partial charge >= 0.3 is 7.60 Å². The van der Waals surface area contributed by atoms with Gasteiger partial charge in [-0.3, -0.25) is 4.57 Å². The summed E-state index contributed by atoms with van der Waals surface area (Å²) < 4.78 is 43.4. The Bertz CT molecular complexity index is 1210. The molecule has 0 unspecified atom stereocenters. The van der Waals surface area contributed by atoms with E-state index in [1.165, 1.54) is 0 Å². The predicted molar refractivity (Wildman–Crippen MR) is 162 cm³/mol. The minimum absolute atomic E-state index is 0.158. The molecule has 4 aromatic carbocycles. The van der Waals surface area contributed by atoms with Gasteiger partial charge in [-0.25, -0.2) is 0 Å². The van der Waals surface area contributed by atoms with Gasteiger partial charge in [0.15, 0.2) is 0 Å². The first-order valence-corrected chi connectivity index (χ1v) is 15.7. The summed E-state index contributed by atoms with van der Waals surface area (Å²) in [6, 6.07) is 40.4. The monoisotopic (exact) mass is 574 g/mol. The summed E-state index contributed by atoms with van der Waals surface area (Å²) in [5.41, 5.74) is 3.07. The highest BCUT2D eigenvalue weighted by molar-refractivity contribution is 7.53. The van der Waals surface area contributed by atoms with Gasteiger partial charge < -0.3 is 23.3 Å². The number of rotatable bonds is 17. The Kier molecular flexibility index (Phi) is 11.9. The van der Waals surface area contributed by atoms with Crippen LogP contribution in [0.2, 0.25) is 0 Å². The molecular weight excluding hydrogens is 535 g/mol. The van der Waals surface area contributed by atoms with Crippen LogP contribution in [0.4, 0.5) is 0 Å². The van der Waals surface area contributed by atoms with Crippen LogP contribution in [0.15, 0.2) is 121 Å². The van der Waals surface area contributed by atoms with Gasteiger partial charge in [0, 0.05) is 0 Å². The van der Waals surface area contributed by atoms with Crippen molar-refractivity contribution in [2.75, 3.05) is 32.8 Å². The van der Waals surface area contributed by atoms with E-state index >= 15 is 0 Å². The molecule has 0 aliphatic rings. The molecule has 0 aliphatic carbocycles. The molecule has 6 nitrogen and oxygen atoms in total. The molecule has 0 N–H and O–H groups in total. The molecule has 1 atom stereocenters. The molecule has 0 heterocycles. The fraction of sp³-hybridized carbons (Fsp3) is 0.294. The van der Waals surface area contributed by atoms with Crippen LogP contribution in [0, 0.1) is 0 Å². The maximum Gasteiger partial charge on any atom is 0.356 e. The normalized spacial score (nSPS) is 12.7. The molecule has 0 amide bonds. The zero-order valence-corrected chi connectivity index (χ0v) is 24.7. The number of hydrogen-bond donors (Lipinski definition) is 0. The van der Waals surface area contributed by atoms with Crippen molar-refractivity contribution in [1.29, 1.82) is 0 Å². The highest BCUT2D eigenvalue weighted by Gasteiger charge is 2.38. The minimum atomic E-state index is -3.44. The van der Waals surface area contributed by atoms with E-state index in [0.29, 0.717) is 6.61 Å². The Hall–Kier alpha value is -3.09. The maximum atomic E-state index is 13.2. The van der Waals surface area contributed by atoms with E-state index in [-0.39, 0.29) is 32.8 Å². The standard InChI is InChI=1S/C34H39O6P/c1-3-39-41(35,40-4-2)28-37-33(26-36-25-29-17-9-5-10-18-29)27-38-34(30-19-11-6-12-20-30,31-21-13-7-14-22-31)32-23-15-8-16-24-32/h5-24,33H,3-4,25-28H2,1-2H3/t33-/m0/s1. The summed E-state index contributed by atoms with van der Waals surface area (Å²) in [5, 5.41) is 0. The van der Waals surface area contributed by atoms with Crippen molar-refractivity contribution in [1.82, 2.24) is 0 Å². The molecule has 0 fully saturated rings. The highest BCUT2D eigenvalue weighted by Crippen LogP contribution is 2.48. The zero-order valence-electron chi connectivity index (χ0n) is 23.8. The lowest BCUT2D eigenvalue weighted by Crippen LogP contribution is -2.37. The van der Waals surface area contributed by atoms with Crippen LogP contribution in [0.1, 0.15) is 36.1 Å². The SMILES string of the molecule is CCOP(=O)(CO[C@@H](COCc1ccccc1)COC(c1ccccc1)(c1ccccc1)c1ccccc1)OCC. The van der Waals surface area contributed by atoms with Crippen molar-refractivity contribution in [3.05, 3.63) is 144 Å². The van der Waals surface area contributed by atoms with Crippen LogP contribution < -0.4 is 0 Å². The number of benzene rings is 4. The Balaban J connectivity index is 1.64. The van der Waals surface area contributed by atoms with Gasteiger partial charge in [0.05, 0.1) is 33.0 Å². The maximum absolute atomic E-state index is 13.2. The first kappa shape index (κ1) is 30.9. The van der Waals surface area contributed by atoms with E-state index in [4.69, 9.17) is 23.3 Å². The second-order valence-electron chi connectivity index (χ2n) is 9.46. The van der Waals surface area contributed by atoms with Crippen LogP contribution >= 0.6 is 7.60 Å². The molecule has 4 rings (SSSR count). The lowest BCUT2D eigenvalue weighted by molar-refractivity contribution is -0.0874. The van der Waals surface area contributed by atoms with Crippen LogP contribution in [0.5, 0.6) is 0 Å². The van der Waals surface area contributed by atoms with Crippen molar-refractivity contribution < 1.29 is 27.8 Å². The molecule has 0 bridgehead atoms. The largest absolute Gasteiger partial charge is 0.374 e. The number of hydrogen-bond acceptors (Lipinski definition) is 6. The summed E-state index contributed by atoms with van der Waals surface area (Å²) in [4.78, 5) is 0. The van der Waals surface area contributed by atoms with Gasteiger partial charge in [-0.15, -0.1) is 0 Å². The van der Waals surface area contributed by atoms with Crippen LogP contribution in [0.3, 0.4) is 0 Å². The van der Waals surface area contributed by atoms with Gasteiger partial charge in [0.2, 0.25) is 0 Å². The topological polar surface area (TPSA) is 63.2 Å². The molecule has 216 valence electrons. The van der Waals surface area contributed by atoms with Gasteiger partial charge in [0.25, 0.3) is 0 Å². The molecule has 0 radical (unpaired) electrons. The van der Waals surface area contributed by atoms with E-state index < -0.39 is 19.3 Å². The average Bonchev–Trinajstić information content (AvgIpc) is 3.02. The molecule has 41 heavy (non-hydrogen) atoms. The summed E-state index contributed by atoms with van der Waals surface area (Å²) in [7, 11) is -3.44. The zero-order chi connectivity index (χ0) is 28.8. The van der Waals surface area contributed by atoms with Crippen LogP contribution in [-0.4, -0.2) is 38.9 Å². The number of ether oxygens (including phenoxy) is 3. The van der Waals surface area contributed by atoms with E-state index in [1.807, 2.05) is 84.9 Å². The lowest BCUT2D eigenvalue weighted by atomic mass is 9.80. The van der Waals surface area contributed by atoms with E-state index in [0.717, 1.165) is 22.3 Å². The third kappa shape index (κ3) is 8.46.